The molecule has 28 heavy (non-hydrogen) atoms. The quantitative estimate of drug-likeness (QED) is 0.809. The van der Waals surface area contributed by atoms with E-state index in [0.717, 1.165) is 43.5 Å². The van der Waals surface area contributed by atoms with Crippen molar-refractivity contribution in [3.8, 4) is 0 Å². The van der Waals surface area contributed by atoms with E-state index < -0.39 is 11.6 Å². The lowest BCUT2D eigenvalue weighted by Gasteiger charge is -2.48. The minimum Gasteiger partial charge on any atom is -0.348 e. The molecular formula is C23H24N2O3. The predicted molar refractivity (Wildman–Crippen MR) is 105 cm³/mol. The highest BCUT2D eigenvalue weighted by molar-refractivity contribution is 6.02. The van der Waals surface area contributed by atoms with Crippen molar-refractivity contribution >= 4 is 11.8 Å². The minimum absolute atomic E-state index is 0.0559. The summed E-state index contributed by atoms with van der Waals surface area (Å²) in [6.07, 6.45) is 3.22. The van der Waals surface area contributed by atoms with E-state index in [-0.39, 0.29) is 11.8 Å². The van der Waals surface area contributed by atoms with E-state index in [0.29, 0.717) is 18.7 Å². The molecule has 0 radical (unpaired) electrons. The molecule has 144 valence electrons. The summed E-state index contributed by atoms with van der Waals surface area (Å²) in [5.74, 6) is -0.542. The fraction of sp³-hybridized carbons (Fsp3) is 0.391. The third-order valence-corrected chi connectivity index (χ3v) is 6.28. The van der Waals surface area contributed by atoms with Crippen LogP contribution >= 0.6 is 0 Å². The Morgan fingerprint density at radius 1 is 0.929 bits per heavy atom. The van der Waals surface area contributed by atoms with Crippen LogP contribution in [0.25, 0.3) is 0 Å². The maximum Gasteiger partial charge on any atom is 0.256 e. The van der Waals surface area contributed by atoms with Crippen molar-refractivity contribution in [2.45, 2.75) is 30.9 Å². The molecule has 0 bridgehead atoms. The van der Waals surface area contributed by atoms with Crippen LogP contribution in [0.2, 0.25) is 0 Å². The smallest absolute Gasteiger partial charge is 0.256 e. The molecule has 0 unspecified atom stereocenters. The van der Waals surface area contributed by atoms with Crippen LogP contribution in [0.4, 0.5) is 0 Å². The van der Waals surface area contributed by atoms with Crippen LogP contribution in [0.1, 0.15) is 46.7 Å². The third-order valence-electron chi connectivity index (χ3n) is 6.28. The summed E-state index contributed by atoms with van der Waals surface area (Å²) in [5.41, 5.74) is 1.20. The number of hydrogen-bond acceptors (Lipinski definition) is 3. The maximum absolute atomic E-state index is 13.9. The van der Waals surface area contributed by atoms with E-state index >= 15 is 0 Å². The number of piperidine rings is 1. The summed E-state index contributed by atoms with van der Waals surface area (Å²) in [5, 5.41) is 0. The highest BCUT2D eigenvalue weighted by Crippen LogP contribution is 2.51. The number of amides is 2. The summed E-state index contributed by atoms with van der Waals surface area (Å²) in [6.45, 7) is 2.47. The summed E-state index contributed by atoms with van der Waals surface area (Å²) >= 11 is 0. The molecule has 2 aromatic rings. The number of hydrogen-bond donors (Lipinski definition) is 0. The molecule has 2 fully saturated rings. The number of benzene rings is 2. The standard InChI is InChI=1S/C23H24N2O3/c26-21-19-12-6-5-11-18(19)20(22(27)24-13-7-2-8-14-24)23(25(21)15-16-28-23)17-9-3-1-4-10-17/h1,3-6,9-12,20H,2,7-8,13-16H2/t20-,23+/m1/s1. The third kappa shape index (κ3) is 2.42. The van der Waals surface area contributed by atoms with E-state index in [1.54, 1.807) is 4.90 Å². The van der Waals surface area contributed by atoms with Crippen LogP contribution in [0, 0.1) is 0 Å². The van der Waals surface area contributed by atoms with E-state index in [1.165, 1.54) is 0 Å². The molecule has 2 aromatic carbocycles. The van der Waals surface area contributed by atoms with Crippen LogP contribution in [0.5, 0.6) is 0 Å². The minimum atomic E-state index is -1.07. The lowest BCUT2D eigenvalue weighted by atomic mass is 9.76. The topological polar surface area (TPSA) is 49.9 Å². The number of fused-ring (bicyclic) bond motifs is 2. The lowest BCUT2D eigenvalue weighted by molar-refractivity contribution is -0.153. The van der Waals surface area contributed by atoms with Crippen molar-refractivity contribution in [1.29, 1.82) is 0 Å². The van der Waals surface area contributed by atoms with Crippen molar-refractivity contribution in [2.75, 3.05) is 26.2 Å². The largest absolute Gasteiger partial charge is 0.348 e. The molecular weight excluding hydrogens is 352 g/mol. The molecule has 3 aliphatic heterocycles. The molecule has 3 aliphatic rings. The van der Waals surface area contributed by atoms with E-state index in [9.17, 15) is 9.59 Å². The first kappa shape index (κ1) is 17.4. The van der Waals surface area contributed by atoms with Gasteiger partial charge in [0.1, 0.15) is 5.92 Å². The molecule has 2 atom stereocenters. The van der Waals surface area contributed by atoms with Crippen molar-refractivity contribution in [2.24, 2.45) is 0 Å². The molecule has 2 saturated heterocycles. The van der Waals surface area contributed by atoms with Crippen LogP contribution in [0.3, 0.4) is 0 Å². The normalized spacial score (nSPS) is 26.7. The van der Waals surface area contributed by atoms with Crippen molar-refractivity contribution in [3.05, 3.63) is 71.3 Å². The van der Waals surface area contributed by atoms with E-state index in [2.05, 4.69) is 0 Å². The summed E-state index contributed by atoms with van der Waals surface area (Å²) < 4.78 is 6.34. The van der Waals surface area contributed by atoms with Crippen molar-refractivity contribution < 1.29 is 14.3 Å². The number of carbonyl (C=O) groups is 2. The van der Waals surface area contributed by atoms with Crippen LogP contribution in [-0.4, -0.2) is 47.9 Å². The van der Waals surface area contributed by atoms with E-state index in [1.807, 2.05) is 59.5 Å². The molecule has 2 amide bonds. The van der Waals surface area contributed by atoms with Crippen molar-refractivity contribution in [1.82, 2.24) is 9.80 Å². The molecule has 5 nitrogen and oxygen atoms in total. The van der Waals surface area contributed by atoms with Gasteiger partial charge < -0.3 is 14.5 Å². The molecule has 0 N–H and O–H groups in total. The van der Waals surface area contributed by atoms with Gasteiger partial charge in [-0.15, -0.1) is 0 Å². The molecule has 0 saturated carbocycles. The van der Waals surface area contributed by atoms with Crippen molar-refractivity contribution in [3.63, 3.8) is 0 Å². The van der Waals surface area contributed by atoms with Gasteiger partial charge in [-0.2, -0.15) is 0 Å². The Kier molecular flexibility index (Phi) is 4.20. The molecule has 0 aliphatic carbocycles. The monoisotopic (exact) mass is 376 g/mol. The second-order valence-electron chi connectivity index (χ2n) is 7.77. The second-order valence-corrected chi connectivity index (χ2v) is 7.77. The Labute approximate surface area is 164 Å². The molecule has 0 spiro atoms. The number of rotatable bonds is 2. The van der Waals surface area contributed by atoms with Gasteiger partial charge in [-0.05, 0) is 30.9 Å². The van der Waals surface area contributed by atoms with Gasteiger partial charge in [0.2, 0.25) is 5.91 Å². The Morgan fingerprint density at radius 2 is 1.64 bits per heavy atom. The van der Waals surface area contributed by atoms with Gasteiger partial charge in [-0.25, -0.2) is 0 Å². The first-order chi connectivity index (χ1) is 13.7. The molecule has 5 heteroatoms. The first-order valence-electron chi connectivity index (χ1n) is 10.1. The second kappa shape index (κ2) is 6.74. The summed E-state index contributed by atoms with van der Waals surface area (Å²) in [7, 11) is 0. The number of likely N-dealkylation sites (tertiary alicyclic amines) is 1. The van der Waals surface area contributed by atoms with Gasteiger partial charge in [-0.1, -0.05) is 48.5 Å². The van der Waals surface area contributed by atoms with Gasteiger partial charge in [0, 0.05) is 30.8 Å². The number of nitrogens with zero attached hydrogens (tertiary/aromatic N) is 2. The van der Waals surface area contributed by atoms with E-state index in [4.69, 9.17) is 4.74 Å². The van der Waals surface area contributed by atoms with Crippen LogP contribution in [-0.2, 0) is 15.3 Å². The Bertz CT molecular complexity index is 907. The van der Waals surface area contributed by atoms with Gasteiger partial charge in [0.05, 0.1) is 6.61 Å². The average molecular weight is 376 g/mol. The van der Waals surface area contributed by atoms with Crippen LogP contribution < -0.4 is 0 Å². The predicted octanol–water partition coefficient (Wildman–Crippen LogP) is 3.12. The Morgan fingerprint density at radius 3 is 2.43 bits per heavy atom. The highest BCUT2D eigenvalue weighted by atomic mass is 16.5. The van der Waals surface area contributed by atoms with Gasteiger partial charge in [0.25, 0.3) is 5.91 Å². The first-order valence-corrected chi connectivity index (χ1v) is 10.1. The van der Waals surface area contributed by atoms with Crippen LogP contribution in [0.15, 0.2) is 54.6 Å². The summed E-state index contributed by atoms with van der Waals surface area (Å²) in [4.78, 5) is 30.9. The fourth-order valence-corrected chi connectivity index (χ4v) is 5.01. The zero-order valence-corrected chi connectivity index (χ0v) is 15.8. The van der Waals surface area contributed by atoms with Gasteiger partial charge in [-0.3, -0.25) is 9.59 Å². The fourth-order valence-electron chi connectivity index (χ4n) is 5.01. The highest BCUT2D eigenvalue weighted by Gasteiger charge is 2.60. The lowest BCUT2D eigenvalue weighted by Crippen LogP contribution is -2.58. The SMILES string of the molecule is O=C([C@H]1c2ccccc2C(=O)N2CCO[C@@]12c1ccccc1)N1CCCCC1. The number of ether oxygens (including phenoxy) is 1. The number of carbonyl (C=O) groups excluding carboxylic acids is 2. The summed E-state index contributed by atoms with van der Waals surface area (Å²) in [6, 6.07) is 17.3. The Hall–Kier alpha value is -2.66. The van der Waals surface area contributed by atoms with Gasteiger partial charge >= 0.3 is 0 Å². The van der Waals surface area contributed by atoms with Gasteiger partial charge in [0.15, 0.2) is 5.72 Å². The average Bonchev–Trinajstić information content (AvgIpc) is 3.21. The molecule has 3 heterocycles. The zero-order chi connectivity index (χ0) is 19.1. The maximum atomic E-state index is 13.9. The Balaban J connectivity index is 1.72. The zero-order valence-electron chi connectivity index (χ0n) is 15.8. The molecule has 0 aromatic heterocycles. The molecule has 5 rings (SSSR count).